The van der Waals surface area contributed by atoms with Gasteiger partial charge in [-0.05, 0) is 0 Å². The molecule has 1 rings (SSSR count). The summed E-state index contributed by atoms with van der Waals surface area (Å²) in [6, 6.07) is -0.463. The van der Waals surface area contributed by atoms with E-state index in [1.165, 1.54) is 12.0 Å². The van der Waals surface area contributed by atoms with E-state index in [1.807, 2.05) is 0 Å². The second-order valence-electron chi connectivity index (χ2n) is 3.24. The molecule has 1 fully saturated rings. The minimum atomic E-state index is -0.750. The summed E-state index contributed by atoms with van der Waals surface area (Å²) in [5.74, 6) is -1.50. The predicted molar refractivity (Wildman–Crippen MR) is 52.4 cm³/mol. The van der Waals surface area contributed by atoms with Crippen molar-refractivity contribution in [2.75, 3.05) is 26.8 Å². The largest absolute Gasteiger partial charge is 0.387 e. The van der Waals surface area contributed by atoms with E-state index in [0.717, 1.165) is 0 Å². The maximum absolute atomic E-state index is 11.3. The highest BCUT2D eigenvalue weighted by atomic mass is 16.5. The van der Waals surface area contributed by atoms with Crippen LogP contribution in [0.15, 0.2) is 0 Å². The van der Waals surface area contributed by atoms with Crippen LogP contribution in [0, 0.1) is 11.3 Å². The quantitative estimate of drug-likeness (QED) is 0.400. The van der Waals surface area contributed by atoms with E-state index in [-0.39, 0.29) is 12.4 Å². The molecule has 1 atom stereocenters. The van der Waals surface area contributed by atoms with Crippen LogP contribution in [0.3, 0.4) is 0 Å². The number of amides is 3. The van der Waals surface area contributed by atoms with Gasteiger partial charge in [0.25, 0.3) is 0 Å². The number of carbonyl (C=O) groups is 2. The smallest absolute Gasteiger partial charge is 0.324 e. The summed E-state index contributed by atoms with van der Waals surface area (Å²) in [6.45, 7) is 0.898. The topological polar surface area (TPSA) is 109 Å². The summed E-state index contributed by atoms with van der Waals surface area (Å²) < 4.78 is 4.82. The van der Waals surface area contributed by atoms with Gasteiger partial charge in [0.05, 0.1) is 6.61 Å². The van der Waals surface area contributed by atoms with Crippen molar-refractivity contribution in [3.63, 3.8) is 0 Å². The fourth-order valence-electron chi connectivity index (χ4n) is 1.29. The van der Waals surface area contributed by atoms with Crippen LogP contribution in [0.2, 0.25) is 0 Å². The van der Waals surface area contributed by atoms with Gasteiger partial charge in [-0.15, -0.1) is 0 Å². The molecule has 0 aromatic carbocycles. The summed E-state index contributed by atoms with van der Waals surface area (Å²) in [5.41, 5.74) is 5.25. The highest BCUT2D eigenvalue weighted by Gasteiger charge is 2.33. The molecule has 84 valence electrons. The summed E-state index contributed by atoms with van der Waals surface area (Å²) in [6.07, 6.45) is 0. The zero-order chi connectivity index (χ0) is 11.4. The maximum Gasteiger partial charge on any atom is 0.324 e. The molecule has 0 unspecified atom stereocenters. The van der Waals surface area contributed by atoms with E-state index in [4.69, 9.17) is 15.9 Å². The molecule has 4 N–H and O–H groups in total. The first-order valence-corrected chi connectivity index (χ1v) is 4.49. The molecule has 0 aromatic heterocycles. The first kappa shape index (κ1) is 11.4. The molecule has 7 heteroatoms. The molecule has 1 aliphatic heterocycles. The SMILES string of the molecule is COCCN1C[C@@H](C(=N)N)C(=O)NC1=O. The summed E-state index contributed by atoms with van der Waals surface area (Å²) in [7, 11) is 1.52. The molecule has 1 heterocycles. The number of carbonyl (C=O) groups excluding carboxylic acids is 2. The van der Waals surface area contributed by atoms with Gasteiger partial charge < -0.3 is 15.4 Å². The predicted octanol–water partition coefficient (Wildman–Crippen LogP) is -1.26. The van der Waals surface area contributed by atoms with Gasteiger partial charge in [0.2, 0.25) is 5.91 Å². The van der Waals surface area contributed by atoms with Crippen LogP contribution in [0.4, 0.5) is 4.79 Å². The number of ether oxygens (including phenoxy) is 1. The number of rotatable bonds is 4. The van der Waals surface area contributed by atoms with E-state index in [9.17, 15) is 9.59 Å². The summed E-state index contributed by atoms with van der Waals surface area (Å²) >= 11 is 0. The Balaban J connectivity index is 2.62. The first-order chi connectivity index (χ1) is 7.06. The number of nitrogens with zero attached hydrogens (tertiary/aromatic N) is 1. The van der Waals surface area contributed by atoms with E-state index in [1.54, 1.807) is 0 Å². The minimum absolute atomic E-state index is 0.142. The fourth-order valence-corrected chi connectivity index (χ4v) is 1.29. The Bertz CT molecular complexity index is 292. The Labute approximate surface area is 87.1 Å². The van der Waals surface area contributed by atoms with Gasteiger partial charge in [0.1, 0.15) is 11.8 Å². The molecule has 0 spiro atoms. The van der Waals surface area contributed by atoms with Crippen LogP contribution >= 0.6 is 0 Å². The number of amidine groups is 1. The highest BCUT2D eigenvalue weighted by molar-refractivity contribution is 6.08. The van der Waals surface area contributed by atoms with Crippen molar-refractivity contribution in [3.05, 3.63) is 0 Å². The number of nitrogens with two attached hydrogens (primary N) is 1. The average Bonchev–Trinajstić information content (AvgIpc) is 2.16. The third-order valence-corrected chi connectivity index (χ3v) is 2.18. The van der Waals surface area contributed by atoms with E-state index in [2.05, 4.69) is 5.32 Å². The van der Waals surface area contributed by atoms with Crippen LogP contribution in [-0.4, -0.2) is 49.5 Å². The van der Waals surface area contributed by atoms with Gasteiger partial charge in [-0.3, -0.25) is 15.5 Å². The van der Waals surface area contributed by atoms with Crippen molar-refractivity contribution in [1.29, 1.82) is 5.41 Å². The lowest BCUT2D eigenvalue weighted by Crippen LogP contribution is -2.58. The van der Waals surface area contributed by atoms with Gasteiger partial charge in [-0.1, -0.05) is 0 Å². The molecule has 1 saturated heterocycles. The Morgan fingerprint density at radius 3 is 2.93 bits per heavy atom. The van der Waals surface area contributed by atoms with E-state index >= 15 is 0 Å². The zero-order valence-corrected chi connectivity index (χ0v) is 8.45. The van der Waals surface area contributed by atoms with Crippen molar-refractivity contribution in [2.24, 2.45) is 11.7 Å². The van der Waals surface area contributed by atoms with Gasteiger partial charge in [0.15, 0.2) is 0 Å². The average molecular weight is 214 g/mol. The van der Waals surface area contributed by atoms with Crippen molar-refractivity contribution >= 4 is 17.8 Å². The standard InChI is InChI=1S/C8H14N4O3/c1-15-3-2-12-4-5(6(9)10)7(13)11-8(12)14/h5H,2-4H2,1H3,(H3,9,10)(H,11,13,14)/t5-/m0/s1. The highest BCUT2D eigenvalue weighted by Crippen LogP contribution is 2.07. The number of hydrogen-bond acceptors (Lipinski definition) is 4. The molecule has 0 bridgehead atoms. The number of nitrogens with one attached hydrogen (secondary N) is 2. The number of urea groups is 1. The fraction of sp³-hybridized carbons (Fsp3) is 0.625. The van der Waals surface area contributed by atoms with Gasteiger partial charge >= 0.3 is 6.03 Å². The van der Waals surface area contributed by atoms with Gasteiger partial charge in [0, 0.05) is 20.2 Å². The molecular weight excluding hydrogens is 200 g/mol. The monoisotopic (exact) mass is 214 g/mol. The molecular formula is C8H14N4O3. The molecule has 0 aromatic rings. The third kappa shape index (κ3) is 2.66. The normalized spacial score (nSPS) is 21.4. The van der Waals surface area contributed by atoms with Crippen LogP contribution in [0.25, 0.3) is 0 Å². The number of imide groups is 1. The number of methoxy groups -OCH3 is 1. The Kier molecular flexibility index (Phi) is 3.62. The molecule has 7 nitrogen and oxygen atoms in total. The molecule has 0 aliphatic carbocycles. The first-order valence-electron chi connectivity index (χ1n) is 4.49. The molecule has 3 amide bonds. The van der Waals surface area contributed by atoms with Crippen molar-refractivity contribution < 1.29 is 14.3 Å². The van der Waals surface area contributed by atoms with Crippen molar-refractivity contribution in [2.45, 2.75) is 0 Å². The lowest BCUT2D eigenvalue weighted by Gasteiger charge is -2.31. The van der Waals surface area contributed by atoms with Crippen LogP contribution < -0.4 is 11.1 Å². The second kappa shape index (κ2) is 4.74. The maximum atomic E-state index is 11.3. The molecule has 0 saturated carbocycles. The van der Waals surface area contributed by atoms with Crippen LogP contribution in [0.1, 0.15) is 0 Å². The molecule has 15 heavy (non-hydrogen) atoms. The Morgan fingerprint density at radius 1 is 1.73 bits per heavy atom. The Hall–Kier alpha value is -1.63. The minimum Gasteiger partial charge on any atom is -0.387 e. The molecule has 0 radical (unpaired) electrons. The zero-order valence-electron chi connectivity index (χ0n) is 8.45. The number of hydrogen-bond donors (Lipinski definition) is 3. The lowest BCUT2D eigenvalue weighted by molar-refractivity contribution is -0.123. The summed E-state index contributed by atoms with van der Waals surface area (Å²) in [5, 5.41) is 9.34. The Morgan fingerprint density at radius 2 is 2.40 bits per heavy atom. The van der Waals surface area contributed by atoms with Crippen LogP contribution in [-0.2, 0) is 9.53 Å². The van der Waals surface area contributed by atoms with Crippen molar-refractivity contribution in [3.8, 4) is 0 Å². The van der Waals surface area contributed by atoms with Gasteiger partial charge in [-0.2, -0.15) is 0 Å². The molecule has 1 aliphatic rings. The summed E-state index contributed by atoms with van der Waals surface area (Å²) in [4.78, 5) is 24.0. The van der Waals surface area contributed by atoms with E-state index < -0.39 is 17.9 Å². The van der Waals surface area contributed by atoms with Crippen LogP contribution in [0.5, 0.6) is 0 Å². The second-order valence-corrected chi connectivity index (χ2v) is 3.24. The van der Waals surface area contributed by atoms with E-state index in [0.29, 0.717) is 13.2 Å². The van der Waals surface area contributed by atoms with Gasteiger partial charge in [-0.25, -0.2) is 4.79 Å². The third-order valence-electron chi connectivity index (χ3n) is 2.18. The lowest BCUT2D eigenvalue weighted by atomic mass is 10.1. The van der Waals surface area contributed by atoms with Crippen molar-refractivity contribution in [1.82, 2.24) is 10.2 Å².